The van der Waals surface area contributed by atoms with E-state index in [2.05, 4.69) is 20.7 Å². The topological polar surface area (TPSA) is 107 Å². The normalized spacial score (nSPS) is 14.9. The number of ether oxygens (including phenoxy) is 1. The summed E-state index contributed by atoms with van der Waals surface area (Å²) in [6, 6.07) is 4.98. The number of carbonyl (C=O) groups is 1. The Kier molecular flexibility index (Phi) is 8.05. The highest BCUT2D eigenvalue weighted by Crippen LogP contribution is 2.30. The molecule has 2 heterocycles. The average molecular weight is 450 g/mol. The fourth-order valence-electron chi connectivity index (χ4n) is 3.59. The molecular formula is C21H25F3N6O2. The van der Waals surface area contributed by atoms with Crippen LogP contribution in [-0.4, -0.2) is 52.1 Å². The minimum atomic E-state index is -4.57. The molecule has 1 aromatic heterocycles. The number of amides is 1. The van der Waals surface area contributed by atoms with Crippen LogP contribution in [-0.2, 0) is 23.9 Å². The first-order valence-corrected chi connectivity index (χ1v) is 10.5. The van der Waals surface area contributed by atoms with Crippen molar-refractivity contribution in [1.82, 2.24) is 25.6 Å². The number of aromatic amines is 1. The molecule has 2 N–H and O–H groups in total. The van der Waals surface area contributed by atoms with E-state index in [1.54, 1.807) is 17.2 Å². The molecule has 8 nitrogen and oxygen atoms in total. The maximum absolute atomic E-state index is 13.0. The van der Waals surface area contributed by atoms with Crippen molar-refractivity contribution >= 4 is 6.09 Å². The summed E-state index contributed by atoms with van der Waals surface area (Å²) in [5.41, 5.74) is 0.0204. The van der Waals surface area contributed by atoms with Crippen LogP contribution >= 0.6 is 0 Å². The third-order valence-electron chi connectivity index (χ3n) is 5.32. The van der Waals surface area contributed by atoms with Crippen molar-refractivity contribution in [3.8, 4) is 6.07 Å². The van der Waals surface area contributed by atoms with Crippen molar-refractivity contribution in [3.05, 3.63) is 46.8 Å². The zero-order valence-corrected chi connectivity index (χ0v) is 17.5. The summed E-state index contributed by atoms with van der Waals surface area (Å²) in [4.78, 5) is 13.9. The van der Waals surface area contributed by atoms with Crippen LogP contribution in [0.3, 0.4) is 0 Å². The maximum Gasteiger partial charge on any atom is 0.416 e. The number of aromatic nitrogens is 3. The van der Waals surface area contributed by atoms with Gasteiger partial charge in [0.05, 0.1) is 29.1 Å². The van der Waals surface area contributed by atoms with Crippen molar-refractivity contribution in [2.45, 2.75) is 50.9 Å². The van der Waals surface area contributed by atoms with E-state index < -0.39 is 17.8 Å². The molecule has 1 aromatic carbocycles. The van der Waals surface area contributed by atoms with Crippen LogP contribution in [0.25, 0.3) is 0 Å². The summed E-state index contributed by atoms with van der Waals surface area (Å²) in [6.07, 6.45) is 1.04. The number of nitrogens with one attached hydrogen (secondary N) is 2. The molecule has 1 amide bonds. The lowest BCUT2D eigenvalue weighted by atomic mass is 10.1. The van der Waals surface area contributed by atoms with Crippen LogP contribution in [0, 0.1) is 11.3 Å². The summed E-state index contributed by atoms with van der Waals surface area (Å²) in [5, 5.41) is 22.8. The van der Waals surface area contributed by atoms with Gasteiger partial charge in [0, 0.05) is 19.1 Å². The number of nitrogens with zero attached hydrogens (tertiary/aromatic N) is 4. The van der Waals surface area contributed by atoms with E-state index in [9.17, 15) is 18.0 Å². The lowest BCUT2D eigenvalue weighted by Gasteiger charge is -2.31. The van der Waals surface area contributed by atoms with Crippen molar-refractivity contribution < 1.29 is 22.7 Å². The van der Waals surface area contributed by atoms with Gasteiger partial charge in [-0.05, 0) is 62.4 Å². The minimum Gasteiger partial charge on any atom is -0.445 e. The van der Waals surface area contributed by atoms with E-state index in [1.165, 1.54) is 6.07 Å². The summed E-state index contributed by atoms with van der Waals surface area (Å²) >= 11 is 0. The number of piperidine rings is 1. The Hall–Kier alpha value is -3.13. The molecule has 1 aliphatic rings. The van der Waals surface area contributed by atoms with Crippen LogP contribution in [0.2, 0.25) is 0 Å². The van der Waals surface area contributed by atoms with Crippen LogP contribution in [0.5, 0.6) is 0 Å². The van der Waals surface area contributed by atoms with E-state index in [1.807, 2.05) is 0 Å². The fraction of sp³-hybridized carbons (Fsp3) is 0.524. The molecule has 0 spiro atoms. The van der Waals surface area contributed by atoms with Gasteiger partial charge in [0.1, 0.15) is 6.61 Å². The number of aryl methyl sites for hydroxylation is 1. The highest BCUT2D eigenvalue weighted by molar-refractivity contribution is 5.67. The number of hydrogen-bond acceptors (Lipinski definition) is 6. The van der Waals surface area contributed by atoms with Gasteiger partial charge in [-0.2, -0.15) is 33.8 Å². The molecule has 0 aliphatic carbocycles. The van der Waals surface area contributed by atoms with E-state index in [-0.39, 0.29) is 17.7 Å². The van der Waals surface area contributed by atoms with Crippen molar-refractivity contribution in [2.24, 2.45) is 0 Å². The van der Waals surface area contributed by atoms with E-state index in [4.69, 9.17) is 10.00 Å². The smallest absolute Gasteiger partial charge is 0.416 e. The second-order valence-electron chi connectivity index (χ2n) is 7.72. The van der Waals surface area contributed by atoms with Gasteiger partial charge >= 0.3 is 12.3 Å². The van der Waals surface area contributed by atoms with Crippen LogP contribution < -0.4 is 5.32 Å². The number of H-pyrrole nitrogens is 1. The Morgan fingerprint density at radius 3 is 2.72 bits per heavy atom. The third kappa shape index (κ3) is 6.95. The molecule has 1 fully saturated rings. The number of rotatable bonds is 8. The number of carbonyl (C=O) groups excluding carboxylic acids is 1. The van der Waals surface area contributed by atoms with E-state index >= 15 is 0 Å². The van der Waals surface area contributed by atoms with E-state index in [0.29, 0.717) is 19.1 Å². The highest BCUT2D eigenvalue weighted by Gasteiger charge is 2.31. The second-order valence-corrected chi connectivity index (χ2v) is 7.72. The maximum atomic E-state index is 13.0. The molecule has 3 rings (SSSR count). The summed E-state index contributed by atoms with van der Waals surface area (Å²) in [7, 11) is 0. The molecule has 0 unspecified atom stereocenters. The zero-order chi connectivity index (χ0) is 23.0. The van der Waals surface area contributed by atoms with Crippen molar-refractivity contribution in [1.29, 1.82) is 5.26 Å². The second kappa shape index (κ2) is 10.9. The lowest BCUT2D eigenvalue weighted by molar-refractivity contribution is -0.137. The molecule has 2 aromatic rings. The Labute approximate surface area is 183 Å². The lowest BCUT2D eigenvalue weighted by Crippen LogP contribution is -2.45. The first kappa shape index (κ1) is 23.5. The minimum absolute atomic E-state index is 0.126. The molecule has 1 saturated heterocycles. The standard InChI is InChI=1S/C21H25F3N6O2/c22-21(23,24)17-10-15(12-25)9-16(11-17)14-32-20(31)30-7-4-18(5-8-30)26-6-2-1-3-19-13-27-29-28-19/h9-11,13,18,26H,1-8,14H2,(H,27,28,29). The van der Waals surface area contributed by atoms with Crippen molar-refractivity contribution in [3.63, 3.8) is 0 Å². The number of hydrogen-bond donors (Lipinski definition) is 2. The van der Waals surface area contributed by atoms with E-state index in [0.717, 1.165) is 56.5 Å². The van der Waals surface area contributed by atoms with Gasteiger partial charge < -0.3 is 15.0 Å². The predicted octanol–water partition coefficient (Wildman–Crippen LogP) is 3.41. The first-order chi connectivity index (χ1) is 15.3. The highest BCUT2D eigenvalue weighted by atomic mass is 19.4. The van der Waals surface area contributed by atoms with Crippen molar-refractivity contribution in [2.75, 3.05) is 19.6 Å². The molecule has 172 valence electrons. The molecule has 1 aliphatic heterocycles. The SMILES string of the molecule is N#Cc1cc(COC(=O)N2CCC(NCCCCc3cn[nH]n3)CC2)cc(C(F)(F)F)c1. The van der Waals surface area contributed by atoms with Gasteiger partial charge in [-0.3, -0.25) is 0 Å². The fourth-order valence-corrected chi connectivity index (χ4v) is 3.59. The van der Waals surface area contributed by atoms with Crippen LogP contribution in [0.4, 0.5) is 18.0 Å². The zero-order valence-electron chi connectivity index (χ0n) is 17.5. The number of unbranched alkanes of at least 4 members (excludes halogenated alkanes) is 1. The Morgan fingerprint density at radius 1 is 1.28 bits per heavy atom. The summed E-state index contributed by atoms with van der Waals surface area (Å²) in [6.45, 7) is 1.59. The number of nitriles is 1. The van der Waals surface area contributed by atoms with Crippen LogP contribution in [0.1, 0.15) is 48.1 Å². The van der Waals surface area contributed by atoms with Gasteiger partial charge in [-0.15, -0.1) is 0 Å². The van der Waals surface area contributed by atoms with Crippen LogP contribution in [0.15, 0.2) is 24.4 Å². The molecule has 32 heavy (non-hydrogen) atoms. The molecule has 0 radical (unpaired) electrons. The number of alkyl halides is 3. The number of halogens is 3. The van der Waals surface area contributed by atoms with Gasteiger partial charge in [0.2, 0.25) is 0 Å². The van der Waals surface area contributed by atoms with Gasteiger partial charge in [0.15, 0.2) is 0 Å². The molecule has 0 saturated carbocycles. The average Bonchev–Trinajstić information content (AvgIpc) is 3.30. The molecular weight excluding hydrogens is 425 g/mol. The summed E-state index contributed by atoms with van der Waals surface area (Å²) in [5.74, 6) is 0. The van der Waals surface area contributed by atoms with Gasteiger partial charge in [-0.25, -0.2) is 4.79 Å². The molecule has 0 bridgehead atoms. The Balaban J connectivity index is 1.37. The molecule has 0 atom stereocenters. The summed E-state index contributed by atoms with van der Waals surface area (Å²) < 4.78 is 44.1. The molecule has 11 heteroatoms. The van der Waals surface area contributed by atoms with Gasteiger partial charge in [0.25, 0.3) is 0 Å². The monoisotopic (exact) mass is 450 g/mol. The Morgan fingerprint density at radius 2 is 2.06 bits per heavy atom. The Bertz CT molecular complexity index is 919. The number of benzene rings is 1. The predicted molar refractivity (Wildman–Crippen MR) is 108 cm³/mol. The first-order valence-electron chi connectivity index (χ1n) is 10.5. The third-order valence-corrected chi connectivity index (χ3v) is 5.32. The largest absolute Gasteiger partial charge is 0.445 e. The number of likely N-dealkylation sites (tertiary alicyclic amines) is 1. The van der Waals surface area contributed by atoms with Gasteiger partial charge in [-0.1, -0.05) is 0 Å². The quantitative estimate of drug-likeness (QED) is 0.597.